The highest BCUT2D eigenvalue weighted by molar-refractivity contribution is 5.78. The maximum absolute atomic E-state index is 12.4. The normalized spacial score (nSPS) is 22.5. The Labute approximate surface area is 130 Å². The molecule has 2 aliphatic heterocycles. The summed E-state index contributed by atoms with van der Waals surface area (Å²) >= 11 is 0. The Hall–Kier alpha value is -0.610. The van der Waals surface area contributed by atoms with E-state index < -0.39 is 0 Å². The van der Waals surface area contributed by atoms with Crippen LogP contribution in [0.15, 0.2) is 0 Å². The van der Waals surface area contributed by atoms with Crippen molar-refractivity contribution in [1.29, 1.82) is 0 Å². The Morgan fingerprint density at radius 1 is 1.05 bits per heavy atom. The molecule has 0 unspecified atom stereocenters. The van der Waals surface area contributed by atoms with E-state index in [0.717, 1.165) is 38.6 Å². The number of likely N-dealkylation sites (tertiary alicyclic amines) is 2. The van der Waals surface area contributed by atoms with E-state index in [1.807, 2.05) is 0 Å². The van der Waals surface area contributed by atoms with Gasteiger partial charge in [0.15, 0.2) is 0 Å². The van der Waals surface area contributed by atoms with E-state index in [9.17, 15) is 4.79 Å². The average molecular weight is 295 g/mol. The highest BCUT2D eigenvalue weighted by Crippen LogP contribution is 2.17. The third-order valence-corrected chi connectivity index (χ3v) is 4.84. The summed E-state index contributed by atoms with van der Waals surface area (Å²) in [5, 5.41) is 3.54. The van der Waals surface area contributed by atoms with Crippen LogP contribution in [0, 0.1) is 5.92 Å². The zero-order chi connectivity index (χ0) is 15.1. The monoisotopic (exact) mass is 295 g/mol. The van der Waals surface area contributed by atoms with Crippen molar-refractivity contribution in [3.05, 3.63) is 0 Å². The van der Waals surface area contributed by atoms with Crippen molar-refractivity contribution in [3.63, 3.8) is 0 Å². The number of amides is 1. The van der Waals surface area contributed by atoms with Crippen LogP contribution in [0.4, 0.5) is 0 Å². The van der Waals surface area contributed by atoms with E-state index in [2.05, 4.69) is 29.0 Å². The van der Waals surface area contributed by atoms with E-state index in [1.54, 1.807) is 0 Å². The van der Waals surface area contributed by atoms with Gasteiger partial charge < -0.3 is 10.2 Å². The largest absolute Gasteiger partial charge is 0.342 e. The van der Waals surface area contributed by atoms with Crippen LogP contribution in [0.1, 0.15) is 52.4 Å². The molecule has 2 rings (SSSR count). The number of rotatable bonds is 5. The predicted molar refractivity (Wildman–Crippen MR) is 87.4 cm³/mol. The second kappa shape index (κ2) is 8.74. The lowest BCUT2D eigenvalue weighted by Crippen LogP contribution is -2.45. The van der Waals surface area contributed by atoms with Crippen LogP contribution in [-0.2, 0) is 4.79 Å². The van der Waals surface area contributed by atoms with E-state index in [4.69, 9.17) is 0 Å². The minimum Gasteiger partial charge on any atom is -0.342 e. The fraction of sp³-hybridized carbons (Fsp3) is 0.941. The Kier molecular flexibility index (Phi) is 6.97. The molecule has 1 amide bonds. The summed E-state index contributed by atoms with van der Waals surface area (Å²) in [7, 11) is 0. The third kappa shape index (κ3) is 5.95. The van der Waals surface area contributed by atoms with E-state index in [1.165, 1.54) is 38.5 Å². The van der Waals surface area contributed by atoms with Gasteiger partial charge in [0.25, 0.3) is 0 Å². The second-order valence-corrected chi connectivity index (χ2v) is 7.08. The van der Waals surface area contributed by atoms with Gasteiger partial charge in [-0.25, -0.2) is 0 Å². The predicted octanol–water partition coefficient (Wildman–Crippen LogP) is 2.10. The molecular formula is C17H33N3O. The van der Waals surface area contributed by atoms with Gasteiger partial charge >= 0.3 is 0 Å². The molecule has 2 fully saturated rings. The zero-order valence-corrected chi connectivity index (χ0v) is 13.9. The molecule has 0 bridgehead atoms. The number of piperidine rings is 1. The van der Waals surface area contributed by atoms with Gasteiger partial charge in [-0.1, -0.05) is 26.7 Å². The smallest absolute Gasteiger partial charge is 0.236 e. The standard InChI is InChI=1S/C17H33N3O/c1-15(2)18-13-16-7-11-19(12-8-16)14-17(21)20-9-5-3-4-6-10-20/h15-16,18H,3-14H2,1-2H3. The molecule has 0 saturated carbocycles. The summed E-state index contributed by atoms with van der Waals surface area (Å²) in [6.07, 6.45) is 7.42. The summed E-state index contributed by atoms with van der Waals surface area (Å²) < 4.78 is 0. The van der Waals surface area contributed by atoms with Gasteiger partial charge in [0, 0.05) is 19.1 Å². The number of carbonyl (C=O) groups is 1. The fourth-order valence-corrected chi connectivity index (χ4v) is 3.36. The summed E-state index contributed by atoms with van der Waals surface area (Å²) in [5.74, 6) is 1.15. The molecule has 0 aromatic rings. The first-order chi connectivity index (χ1) is 10.1. The van der Waals surface area contributed by atoms with E-state index >= 15 is 0 Å². The van der Waals surface area contributed by atoms with Gasteiger partial charge in [0.2, 0.25) is 5.91 Å². The summed E-state index contributed by atoms with van der Waals surface area (Å²) in [6, 6.07) is 0.577. The van der Waals surface area contributed by atoms with Crippen LogP contribution in [0.2, 0.25) is 0 Å². The Morgan fingerprint density at radius 2 is 1.67 bits per heavy atom. The second-order valence-electron chi connectivity index (χ2n) is 7.08. The molecule has 2 heterocycles. The fourth-order valence-electron chi connectivity index (χ4n) is 3.36. The Morgan fingerprint density at radius 3 is 2.24 bits per heavy atom. The third-order valence-electron chi connectivity index (χ3n) is 4.84. The van der Waals surface area contributed by atoms with Crippen molar-refractivity contribution < 1.29 is 4.79 Å². The molecule has 122 valence electrons. The first-order valence-electron chi connectivity index (χ1n) is 8.88. The summed E-state index contributed by atoms with van der Waals surface area (Å²) in [4.78, 5) is 16.8. The Bertz CT molecular complexity index is 303. The topological polar surface area (TPSA) is 35.6 Å². The first-order valence-corrected chi connectivity index (χ1v) is 8.88. The first kappa shape index (κ1) is 16.8. The van der Waals surface area contributed by atoms with Gasteiger partial charge in [-0.2, -0.15) is 0 Å². The van der Waals surface area contributed by atoms with Crippen LogP contribution in [-0.4, -0.2) is 61.0 Å². The van der Waals surface area contributed by atoms with Gasteiger partial charge in [-0.15, -0.1) is 0 Å². The summed E-state index contributed by atoms with van der Waals surface area (Å²) in [5.41, 5.74) is 0. The van der Waals surface area contributed by atoms with Gasteiger partial charge in [0.05, 0.1) is 6.54 Å². The lowest BCUT2D eigenvalue weighted by Gasteiger charge is -2.33. The summed E-state index contributed by atoms with van der Waals surface area (Å²) in [6.45, 7) is 10.3. The van der Waals surface area contributed by atoms with Crippen LogP contribution >= 0.6 is 0 Å². The maximum atomic E-state index is 12.4. The molecule has 2 saturated heterocycles. The molecule has 0 aromatic heterocycles. The Balaban J connectivity index is 1.66. The van der Waals surface area contributed by atoms with Crippen LogP contribution in [0.5, 0.6) is 0 Å². The van der Waals surface area contributed by atoms with Crippen molar-refractivity contribution in [2.24, 2.45) is 5.92 Å². The minimum atomic E-state index is 0.357. The highest BCUT2D eigenvalue weighted by Gasteiger charge is 2.23. The highest BCUT2D eigenvalue weighted by atomic mass is 16.2. The molecule has 4 nitrogen and oxygen atoms in total. The number of nitrogens with one attached hydrogen (secondary N) is 1. The molecule has 2 aliphatic rings. The molecule has 4 heteroatoms. The van der Waals surface area contributed by atoms with Crippen molar-refractivity contribution in [2.75, 3.05) is 39.3 Å². The van der Waals surface area contributed by atoms with Gasteiger partial charge in [-0.05, 0) is 51.2 Å². The van der Waals surface area contributed by atoms with Crippen molar-refractivity contribution in [1.82, 2.24) is 15.1 Å². The molecular weight excluding hydrogens is 262 g/mol. The molecule has 0 aliphatic carbocycles. The quantitative estimate of drug-likeness (QED) is 0.844. The molecule has 0 spiro atoms. The minimum absolute atomic E-state index is 0.357. The van der Waals surface area contributed by atoms with Crippen LogP contribution in [0.25, 0.3) is 0 Å². The molecule has 1 N–H and O–H groups in total. The number of hydrogen-bond acceptors (Lipinski definition) is 3. The molecule has 0 aromatic carbocycles. The molecule has 0 radical (unpaired) electrons. The van der Waals surface area contributed by atoms with Crippen LogP contribution in [0.3, 0.4) is 0 Å². The average Bonchev–Trinajstić information content (AvgIpc) is 2.75. The molecule has 21 heavy (non-hydrogen) atoms. The lowest BCUT2D eigenvalue weighted by molar-refractivity contribution is -0.132. The number of hydrogen-bond donors (Lipinski definition) is 1. The number of carbonyl (C=O) groups excluding carboxylic acids is 1. The van der Waals surface area contributed by atoms with Crippen molar-refractivity contribution in [3.8, 4) is 0 Å². The maximum Gasteiger partial charge on any atom is 0.236 e. The van der Waals surface area contributed by atoms with Crippen LogP contribution < -0.4 is 5.32 Å². The van der Waals surface area contributed by atoms with Gasteiger partial charge in [0.1, 0.15) is 0 Å². The van der Waals surface area contributed by atoms with Crippen molar-refractivity contribution in [2.45, 2.75) is 58.4 Å². The van der Waals surface area contributed by atoms with E-state index in [0.29, 0.717) is 18.5 Å². The molecule has 0 atom stereocenters. The lowest BCUT2D eigenvalue weighted by atomic mass is 9.96. The SMILES string of the molecule is CC(C)NCC1CCN(CC(=O)N2CCCCCC2)CC1. The number of nitrogens with zero attached hydrogens (tertiary/aromatic N) is 2. The van der Waals surface area contributed by atoms with Gasteiger partial charge in [-0.3, -0.25) is 9.69 Å². The zero-order valence-electron chi connectivity index (χ0n) is 13.9. The van der Waals surface area contributed by atoms with E-state index in [-0.39, 0.29) is 0 Å². The van der Waals surface area contributed by atoms with Crippen molar-refractivity contribution >= 4 is 5.91 Å².